The number of carbonyl (C=O) groups excluding carboxylic acids is 2. The van der Waals surface area contributed by atoms with E-state index in [-0.39, 0.29) is 12.0 Å². The zero-order valence-corrected chi connectivity index (χ0v) is 18.9. The van der Waals surface area contributed by atoms with Crippen molar-refractivity contribution in [3.63, 3.8) is 0 Å². The Hall–Kier alpha value is -4.19. The molecule has 0 fully saturated rings. The van der Waals surface area contributed by atoms with Crippen LogP contribution in [0.15, 0.2) is 97.1 Å². The molecule has 35 heavy (non-hydrogen) atoms. The summed E-state index contributed by atoms with van der Waals surface area (Å²) in [5, 5.41) is 2.68. The molecule has 4 rings (SSSR count). The summed E-state index contributed by atoms with van der Waals surface area (Å²) in [6.45, 7) is 1.93. The van der Waals surface area contributed by atoms with E-state index in [4.69, 9.17) is 0 Å². The van der Waals surface area contributed by atoms with Crippen molar-refractivity contribution < 1.29 is 22.8 Å². The second kappa shape index (κ2) is 9.97. The van der Waals surface area contributed by atoms with Crippen LogP contribution in [0.5, 0.6) is 0 Å². The number of amides is 1. The van der Waals surface area contributed by atoms with E-state index in [2.05, 4.69) is 5.32 Å². The molecule has 0 unspecified atom stereocenters. The summed E-state index contributed by atoms with van der Waals surface area (Å²) in [4.78, 5) is 25.7. The lowest BCUT2D eigenvalue weighted by atomic mass is 9.94. The summed E-state index contributed by atoms with van der Waals surface area (Å²) in [6.07, 6.45) is -4.86. The van der Waals surface area contributed by atoms with E-state index in [1.807, 2.05) is 49.4 Å². The van der Waals surface area contributed by atoms with Crippen LogP contribution >= 0.6 is 0 Å². The third-order valence-corrected chi connectivity index (χ3v) is 5.63. The topological polar surface area (TPSA) is 46.2 Å². The summed E-state index contributed by atoms with van der Waals surface area (Å²) >= 11 is 0. The van der Waals surface area contributed by atoms with Crippen molar-refractivity contribution in [3.05, 3.63) is 114 Å². The fraction of sp³-hybridized carbons (Fsp3) is 0.103. The van der Waals surface area contributed by atoms with E-state index in [1.165, 1.54) is 6.07 Å². The van der Waals surface area contributed by atoms with Crippen LogP contribution in [0.4, 0.5) is 18.9 Å². The number of alkyl halides is 3. The molecule has 176 valence electrons. The van der Waals surface area contributed by atoms with Crippen molar-refractivity contribution in [3.8, 4) is 22.3 Å². The predicted octanol–water partition coefficient (Wildman–Crippen LogP) is 7.10. The number of hydrogen-bond donors (Lipinski definition) is 1. The molecule has 0 heterocycles. The van der Waals surface area contributed by atoms with Gasteiger partial charge in [-0.15, -0.1) is 0 Å². The van der Waals surface area contributed by atoms with Gasteiger partial charge in [0.25, 0.3) is 5.91 Å². The smallest absolute Gasteiger partial charge is 0.319 e. The summed E-state index contributed by atoms with van der Waals surface area (Å²) in [5.74, 6) is -1.58. The molecular formula is C29H22F3NO2. The first kappa shape index (κ1) is 24.0. The third kappa shape index (κ3) is 5.66. The minimum atomic E-state index is -4.53. The van der Waals surface area contributed by atoms with E-state index < -0.39 is 23.4 Å². The lowest BCUT2D eigenvalue weighted by Gasteiger charge is -2.15. The second-order valence-electron chi connectivity index (χ2n) is 8.20. The fourth-order valence-electron chi connectivity index (χ4n) is 3.86. The molecule has 0 aliphatic heterocycles. The van der Waals surface area contributed by atoms with Crippen LogP contribution in [0.2, 0.25) is 0 Å². The van der Waals surface area contributed by atoms with Gasteiger partial charge in [0.15, 0.2) is 0 Å². The van der Waals surface area contributed by atoms with Crippen molar-refractivity contribution in [2.45, 2.75) is 19.5 Å². The maximum absolute atomic E-state index is 13.3. The summed E-state index contributed by atoms with van der Waals surface area (Å²) in [5.41, 5.74) is 3.45. The van der Waals surface area contributed by atoms with Gasteiger partial charge in [0.05, 0.1) is 5.56 Å². The monoisotopic (exact) mass is 473 g/mol. The minimum Gasteiger partial charge on any atom is -0.319 e. The SMILES string of the molecule is Cc1ccc(NC(=O)C(=O)Cc2ccc(C(F)(F)F)cc2-c2ccccc2)c(-c2ccccc2)c1. The molecule has 0 bridgehead atoms. The molecule has 0 saturated heterocycles. The van der Waals surface area contributed by atoms with Crippen molar-refractivity contribution in [1.29, 1.82) is 0 Å². The van der Waals surface area contributed by atoms with E-state index >= 15 is 0 Å². The first-order chi connectivity index (χ1) is 16.7. The average Bonchev–Trinajstić information content (AvgIpc) is 2.85. The molecule has 0 saturated carbocycles. The molecule has 6 heteroatoms. The summed E-state index contributed by atoms with van der Waals surface area (Å²) in [7, 11) is 0. The van der Waals surface area contributed by atoms with Crippen molar-refractivity contribution >= 4 is 17.4 Å². The Bertz CT molecular complexity index is 1360. The van der Waals surface area contributed by atoms with Gasteiger partial charge in [0.1, 0.15) is 0 Å². The lowest BCUT2D eigenvalue weighted by molar-refractivity contribution is -0.137. The highest BCUT2D eigenvalue weighted by molar-refractivity contribution is 6.41. The number of nitrogens with one attached hydrogen (secondary N) is 1. The zero-order chi connectivity index (χ0) is 25.0. The van der Waals surface area contributed by atoms with E-state index in [9.17, 15) is 22.8 Å². The van der Waals surface area contributed by atoms with E-state index in [1.54, 1.807) is 36.4 Å². The number of halogens is 3. The van der Waals surface area contributed by atoms with E-state index in [0.717, 1.165) is 28.8 Å². The molecule has 0 spiro atoms. The quantitative estimate of drug-likeness (QED) is 0.304. The average molecular weight is 473 g/mol. The number of aryl methyl sites for hydroxylation is 1. The van der Waals surface area contributed by atoms with Crippen LogP contribution < -0.4 is 5.32 Å². The number of Topliss-reactive ketones (excluding diaryl/α,β-unsaturated/α-hetero) is 1. The van der Waals surface area contributed by atoms with Crippen LogP contribution in [0.1, 0.15) is 16.7 Å². The van der Waals surface area contributed by atoms with Gasteiger partial charge < -0.3 is 5.32 Å². The summed E-state index contributed by atoms with van der Waals surface area (Å²) in [6, 6.07) is 26.6. The Balaban J connectivity index is 1.61. The molecule has 4 aromatic rings. The number of anilines is 1. The van der Waals surface area contributed by atoms with Crippen LogP contribution in [-0.2, 0) is 22.2 Å². The maximum Gasteiger partial charge on any atom is 0.416 e. The van der Waals surface area contributed by atoms with Gasteiger partial charge in [-0.2, -0.15) is 13.2 Å². The van der Waals surface area contributed by atoms with Gasteiger partial charge >= 0.3 is 6.18 Å². The molecule has 4 aromatic carbocycles. The second-order valence-corrected chi connectivity index (χ2v) is 8.20. The Kier molecular flexibility index (Phi) is 6.82. The number of benzene rings is 4. The van der Waals surface area contributed by atoms with Crippen LogP contribution in [-0.4, -0.2) is 11.7 Å². The molecule has 0 atom stereocenters. The van der Waals surface area contributed by atoms with Gasteiger partial charge in [-0.05, 0) is 53.4 Å². The van der Waals surface area contributed by atoms with Gasteiger partial charge in [0.2, 0.25) is 5.78 Å². The minimum absolute atomic E-state index is 0.266. The van der Waals surface area contributed by atoms with Crippen LogP contribution in [0, 0.1) is 6.92 Å². The molecule has 1 amide bonds. The van der Waals surface area contributed by atoms with Crippen molar-refractivity contribution in [2.24, 2.45) is 0 Å². The maximum atomic E-state index is 13.3. The van der Waals surface area contributed by atoms with Crippen LogP contribution in [0.25, 0.3) is 22.3 Å². The van der Waals surface area contributed by atoms with Gasteiger partial charge in [-0.3, -0.25) is 9.59 Å². The Morgan fingerprint density at radius 2 is 1.34 bits per heavy atom. The molecule has 1 N–H and O–H groups in total. The number of ketones is 1. The standard InChI is InChI=1S/C29H22F3NO2/c1-19-12-15-26(25(16-19)21-10-6-3-7-11-21)33-28(35)27(34)17-22-13-14-23(29(30,31)32)18-24(22)20-8-4-2-5-9-20/h2-16,18H,17H2,1H3,(H,33,35). The lowest BCUT2D eigenvalue weighted by Crippen LogP contribution is -2.25. The number of hydrogen-bond acceptors (Lipinski definition) is 2. The molecular weight excluding hydrogens is 451 g/mol. The highest BCUT2D eigenvalue weighted by atomic mass is 19.4. The molecule has 3 nitrogen and oxygen atoms in total. The number of rotatable bonds is 6. The number of carbonyl (C=O) groups is 2. The zero-order valence-electron chi connectivity index (χ0n) is 18.9. The fourth-order valence-corrected chi connectivity index (χ4v) is 3.86. The van der Waals surface area contributed by atoms with Crippen molar-refractivity contribution in [1.82, 2.24) is 0 Å². The summed E-state index contributed by atoms with van der Waals surface area (Å²) < 4.78 is 40.0. The van der Waals surface area contributed by atoms with Gasteiger partial charge in [-0.25, -0.2) is 0 Å². The first-order valence-corrected chi connectivity index (χ1v) is 11.0. The highest BCUT2D eigenvalue weighted by Crippen LogP contribution is 2.34. The predicted molar refractivity (Wildman–Crippen MR) is 131 cm³/mol. The first-order valence-electron chi connectivity index (χ1n) is 11.0. The molecule has 0 aromatic heterocycles. The third-order valence-electron chi connectivity index (χ3n) is 5.63. The van der Waals surface area contributed by atoms with E-state index in [0.29, 0.717) is 16.8 Å². The Morgan fingerprint density at radius 3 is 1.94 bits per heavy atom. The normalized spacial score (nSPS) is 11.2. The van der Waals surface area contributed by atoms with Gasteiger partial charge in [-0.1, -0.05) is 78.4 Å². The van der Waals surface area contributed by atoms with Crippen LogP contribution in [0.3, 0.4) is 0 Å². The molecule has 0 radical (unpaired) electrons. The Morgan fingerprint density at radius 1 is 0.743 bits per heavy atom. The molecule has 0 aliphatic rings. The Labute approximate surface area is 201 Å². The van der Waals surface area contributed by atoms with Crippen molar-refractivity contribution in [2.75, 3.05) is 5.32 Å². The molecule has 0 aliphatic carbocycles. The van der Waals surface area contributed by atoms with Gasteiger partial charge in [0, 0.05) is 17.7 Å². The highest BCUT2D eigenvalue weighted by Gasteiger charge is 2.31. The largest absolute Gasteiger partial charge is 0.416 e.